The summed E-state index contributed by atoms with van der Waals surface area (Å²) < 4.78 is 9.76. The van der Waals surface area contributed by atoms with E-state index < -0.39 is 30.4 Å². The molecular formula is C18H19N3O6. The average molecular weight is 373 g/mol. The van der Waals surface area contributed by atoms with Crippen molar-refractivity contribution in [2.24, 2.45) is 0 Å². The maximum Gasteiger partial charge on any atom is 0.340 e. The van der Waals surface area contributed by atoms with E-state index in [1.807, 2.05) is 5.32 Å². The monoisotopic (exact) mass is 373 g/mol. The molecule has 142 valence electrons. The van der Waals surface area contributed by atoms with Gasteiger partial charge in [0.25, 0.3) is 11.8 Å². The number of furan rings is 1. The van der Waals surface area contributed by atoms with Crippen LogP contribution in [0.5, 0.6) is 0 Å². The number of rotatable bonds is 6. The van der Waals surface area contributed by atoms with Gasteiger partial charge >= 0.3 is 12.0 Å². The summed E-state index contributed by atoms with van der Waals surface area (Å²) in [5, 5.41) is 7.20. The second-order valence-electron chi connectivity index (χ2n) is 5.73. The van der Waals surface area contributed by atoms with Crippen LogP contribution in [0.25, 0.3) is 0 Å². The molecule has 2 rings (SSSR count). The number of hydrogen-bond donors (Lipinski definition) is 3. The van der Waals surface area contributed by atoms with Gasteiger partial charge in [0.05, 0.1) is 17.5 Å². The number of carbonyl (C=O) groups is 4. The third kappa shape index (κ3) is 5.99. The molecule has 3 N–H and O–H groups in total. The highest BCUT2D eigenvalue weighted by Crippen LogP contribution is 2.16. The van der Waals surface area contributed by atoms with E-state index in [2.05, 4.69) is 10.6 Å². The van der Waals surface area contributed by atoms with E-state index in [0.717, 1.165) is 0 Å². The summed E-state index contributed by atoms with van der Waals surface area (Å²) in [7, 11) is 0. The van der Waals surface area contributed by atoms with E-state index in [4.69, 9.17) is 9.15 Å². The Kier molecular flexibility index (Phi) is 6.70. The van der Waals surface area contributed by atoms with Gasteiger partial charge in [-0.1, -0.05) is 12.1 Å². The predicted molar refractivity (Wildman–Crippen MR) is 95.2 cm³/mol. The molecule has 0 unspecified atom stereocenters. The van der Waals surface area contributed by atoms with Crippen molar-refractivity contribution in [2.75, 3.05) is 11.9 Å². The molecule has 2 aromatic rings. The van der Waals surface area contributed by atoms with Gasteiger partial charge in [-0.05, 0) is 38.1 Å². The fourth-order valence-electron chi connectivity index (χ4n) is 2.03. The Morgan fingerprint density at radius 2 is 1.81 bits per heavy atom. The number of ether oxygens (including phenoxy) is 1. The number of urea groups is 1. The lowest BCUT2D eigenvalue weighted by atomic mass is 10.2. The molecule has 0 bridgehead atoms. The first-order chi connectivity index (χ1) is 12.9. The van der Waals surface area contributed by atoms with Gasteiger partial charge < -0.3 is 19.8 Å². The van der Waals surface area contributed by atoms with Crippen molar-refractivity contribution in [1.82, 2.24) is 10.6 Å². The normalized spacial score (nSPS) is 10.2. The quantitative estimate of drug-likeness (QED) is 0.664. The minimum Gasteiger partial charge on any atom is -0.459 e. The highest BCUT2D eigenvalue weighted by molar-refractivity contribution is 6.05. The zero-order valence-electron chi connectivity index (χ0n) is 14.8. The van der Waals surface area contributed by atoms with Crippen molar-refractivity contribution in [3.05, 3.63) is 54.0 Å². The van der Waals surface area contributed by atoms with Gasteiger partial charge in [-0.2, -0.15) is 0 Å². The van der Waals surface area contributed by atoms with Crippen molar-refractivity contribution >= 4 is 29.5 Å². The van der Waals surface area contributed by atoms with Crippen molar-refractivity contribution in [3.63, 3.8) is 0 Å². The van der Waals surface area contributed by atoms with Gasteiger partial charge in [0.1, 0.15) is 0 Å². The zero-order chi connectivity index (χ0) is 19.8. The number of imide groups is 1. The Labute approximate surface area is 155 Å². The van der Waals surface area contributed by atoms with E-state index in [1.54, 1.807) is 26.0 Å². The van der Waals surface area contributed by atoms with Gasteiger partial charge in [0.15, 0.2) is 12.4 Å². The molecule has 9 nitrogen and oxygen atoms in total. The summed E-state index contributed by atoms with van der Waals surface area (Å²) in [5.41, 5.74) is 0.300. The number of nitrogens with one attached hydrogen (secondary N) is 3. The fourth-order valence-corrected chi connectivity index (χ4v) is 2.03. The maximum absolute atomic E-state index is 12.2. The number of amides is 4. The number of para-hydroxylation sites is 1. The Hall–Kier alpha value is -3.62. The summed E-state index contributed by atoms with van der Waals surface area (Å²) in [5.74, 6) is -2.42. The number of hydrogen-bond acceptors (Lipinski definition) is 6. The minimum atomic E-state index is -0.823. The zero-order valence-corrected chi connectivity index (χ0v) is 14.8. The highest BCUT2D eigenvalue weighted by atomic mass is 16.5. The van der Waals surface area contributed by atoms with Gasteiger partial charge in [0, 0.05) is 6.04 Å². The average Bonchev–Trinajstić information content (AvgIpc) is 3.14. The lowest BCUT2D eigenvalue weighted by molar-refractivity contribution is -0.123. The molecule has 0 aliphatic rings. The molecule has 0 atom stereocenters. The molecule has 0 aliphatic heterocycles. The summed E-state index contributed by atoms with van der Waals surface area (Å²) in [6, 6.07) is 8.51. The van der Waals surface area contributed by atoms with Crippen LogP contribution in [0, 0.1) is 0 Å². The number of anilines is 1. The molecule has 0 fully saturated rings. The van der Waals surface area contributed by atoms with Gasteiger partial charge in [-0.3, -0.25) is 14.9 Å². The van der Waals surface area contributed by atoms with Crippen LogP contribution < -0.4 is 16.0 Å². The smallest absolute Gasteiger partial charge is 0.340 e. The van der Waals surface area contributed by atoms with Crippen LogP contribution in [0.15, 0.2) is 47.1 Å². The molecule has 0 saturated carbocycles. The Morgan fingerprint density at radius 1 is 1.07 bits per heavy atom. The van der Waals surface area contributed by atoms with E-state index in [9.17, 15) is 19.2 Å². The summed E-state index contributed by atoms with van der Waals surface area (Å²) in [4.78, 5) is 47.4. The van der Waals surface area contributed by atoms with Crippen molar-refractivity contribution in [1.29, 1.82) is 0 Å². The van der Waals surface area contributed by atoms with Crippen LogP contribution in [0.3, 0.4) is 0 Å². The molecular weight excluding hydrogens is 354 g/mol. The second kappa shape index (κ2) is 9.18. The molecule has 4 amide bonds. The molecule has 1 aromatic carbocycles. The molecule has 1 heterocycles. The summed E-state index contributed by atoms with van der Waals surface area (Å²) >= 11 is 0. The molecule has 0 spiro atoms. The fraction of sp³-hybridized carbons (Fsp3) is 0.222. The van der Waals surface area contributed by atoms with Crippen LogP contribution in [-0.2, 0) is 9.53 Å². The van der Waals surface area contributed by atoms with Gasteiger partial charge in [-0.15, -0.1) is 0 Å². The largest absolute Gasteiger partial charge is 0.459 e. The van der Waals surface area contributed by atoms with Gasteiger partial charge in [-0.25, -0.2) is 9.59 Å². The van der Waals surface area contributed by atoms with E-state index in [1.165, 1.54) is 30.5 Å². The first-order valence-corrected chi connectivity index (χ1v) is 8.08. The van der Waals surface area contributed by atoms with Gasteiger partial charge in [0.2, 0.25) is 0 Å². The molecule has 0 saturated heterocycles. The van der Waals surface area contributed by atoms with E-state index in [-0.39, 0.29) is 23.1 Å². The SMILES string of the molecule is CC(C)NC(=O)Nc1ccccc1C(=O)OCC(=O)NC(=O)c1ccco1. The molecule has 27 heavy (non-hydrogen) atoms. The minimum absolute atomic E-state index is 0.0413. The van der Waals surface area contributed by atoms with Crippen LogP contribution in [0.1, 0.15) is 34.8 Å². The number of esters is 1. The van der Waals surface area contributed by atoms with Crippen molar-refractivity contribution in [3.8, 4) is 0 Å². The second-order valence-corrected chi connectivity index (χ2v) is 5.73. The third-order valence-electron chi connectivity index (χ3n) is 3.15. The van der Waals surface area contributed by atoms with E-state index in [0.29, 0.717) is 0 Å². The van der Waals surface area contributed by atoms with Crippen LogP contribution >= 0.6 is 0 Å². The number of benzene rings is 1. The highest BCUT2D eigenvalue weighted by Gasteiger charge is 2.18. The lowest BCUT2D eigenvalue weighted by Gasteiger charge is -2.13. The van der Waals surface area contributed by atoms with Crippen LogP contribution in [0.4, 0.5) is 10.5 Å². The van der Waals surface area contributed by atoms with E-state index >= 15 is 0 Å². The van der Waals surface area contributed by atoms with Crippen molar-refractivity contribution in [2.45, 2.75) is 19.9 Å². The lowest BCUT2D eigenvalue weighted by Crippen LogP contribution is -2.35. The first kappa shape index (κ1) is 19.7. The Bertz CT molecular complexity index is 829. The maximum atomic E-state index is 12.2. The van der Waals surface area contributed by atoms with Crippen LogP contribution in [-0.4, -0.2) is 36.5 Å². The Balaban J connectivity index is 1.93. The Morgan fingerprint density at radius 3 is 2.48 bits per heavy atom. The first-order valence-electron chi connectivity index (χ1n) is 8.08. The summed E-state index contributed by atoms with van der Waals surface area (Å²) in [6.07, 6.45) is 1.29. The van der Waals surface area contributed by atoms with Crippen molar-refractivity contribution < 1.29 is 28.3 Å². The number of carbonyl (C=O) groups excluding carboxylic acids is 4. The molecule has 0 aliphatic carbocycles. The molecule has 0 radical (unpaired) electrons. The summed E-state index contributed by atoms with van der Waals surface area (Å²) in [6.45, 7) is 2.92. The standard InChI is InChI=1S/C18H19N3O6/c1-11(2)19-18(25)20-13-7-4-3-6-12(13)17(24)27-10-15(22)21-16(23)14-8-5-9-26-14/h3-9,11H,10H2,1-2H3,(H2,19,20,25)(H,21,22,23). The predicted octanol–water partition coefficient (Wildman–Crippen LogP) is 1.92. The molecule has 9 heteroatoms. The third-order valence-corrected chi connectivity index (χ3v) is 3.15. The van der Waals surface area contributed by atoms with Crippen LogP contribution in [0.2, 0.25) is 0 Å². The molecule has 1 aromatic heterocycles. The topological polar surface area (TPSA) is 127 Å².